The average molecular weight is 553 g/mol. The smallest absolute Gasteiger partial charge is 0.308 e. The van der Waals surface area contributed by atoms with Crippen LogP contribution >= 0.6 is 23.4 Å². The fourth-order valence-corrected chi connectivity index (χ4v) is 4.68. The van der Waals surface area contributed by atoms with Crippen molar-refractivity contribution < 1.29 is 23.8 Å². The van der Waals surface area contributed by atoms with Crippen LogP contribution in [0.3, 0.4) is 0 Å². The van der Waals surface area contributed by atoms with Crippen molar-refractivity contribution in [1.29, 1.82) is 0 Å². The predicted octanol–water partition coefficient (Wildman–Crippen LogP) is 4.92. The van der Waals surface area contributed by atoms with Crippen molar-refractivity contribution in [1.82, 2.24) is 15.0 Å². The SMILES string of the molecule is COc1cc(C=NNC(=O)CSc2nc3ccccc3n2Cc2ccccc2Cl)cc(OC)c1OC(C)=O. The first-order valence-corrected chi connectivity index (χ1v) is 12.8. The molecule has 1 amide bonds. The fraction of sp³-hybridized carbons (Fsp3) is 0.185. The minimum absolute atomic E-state index is 0.0984. The highest BCUT2D eigenvalue weighted by molar-refractivity contribution is 7.99. The predicted molar refractivity (Wildman–Crippen MR) is 148 cm³/mol. The maximum atomic E-state index is 12.6. The molecule has 0 bridgehead atoms. The molecule has 0 unspecified atom stereocenters. The number of fused-ring (bicyclic) bond motifs is 1. The molecule has 0 radical (unpaired) electrons. The normalized spacial score (nSPS) is 11.1. The zero-order chi connectivity index (χ0) is 27.1. The van der Waals surface area contributed by atoms with Crippen LogP contribution in [0.1, 0.15) is 18.1 Å². The van der Waals surface area contributed by atoms with Crippen LogP contribution in [0, 0.1) is 0 Å². The molecule has 0 fully saturated rings. The van der Waals surface area contributed by atoms with Crippen molar-refractivity contribution in [2.45, 2.75) is 18.6 Å². The van der Waals surface area contributed by atoms with Crippen LogP contribution in [0.2, 0.25) is 5.02 Å². The molecule has 38 heavy (non-hydrogen) atoms. The van der Waals surface area contributed by atoms with E-state index in [2.05, 4.69) is 10.5 Å². The molecule has 1 aromatic heterocycles. The maximum Gasteiger partial charge on any atom is 0.308 e. The number of methoxy groups -OCH3 is 2. The number of aromatic nitrogens is 2. The van der Waals surface area contributed by atoms with Crippen molar-refractivity contribution in [2.75, 3.05) is 20.0 Å². The van der Waals surface area contributed by atoms with Crippen molar-refractivity contribution in [2.24, 2.45) is 5.10 Å². The highest BCUT2D eigenvalue weighted by atomic mass is 35.5. The van der Waals surface area contributed by atoms with E-state index in [0.717, 1.165) is 16.6 Å². The molecule has 4 aromatic rings. The summed E-state index contributed by atoms with van der Waals surface area (Å²) in [7, 11) is 2.89. The molecule has 0 aliphatic rings. The monoisotopic (exact) mass is 552 g/mol. The number of imidazole rings is 1. The van der Waals surface area contributed by atoms with E-state index in [0.29, 0.717) is 33.8 Å². The number of hydrazone groups is 1. The number of hydrogen-bond donors (Lipinski definition) is 1. The molecule has 0 atom stereocenters. The van der Waals surface area contributed by atoms with Gasteiger partial charge in [-0.25, -0.2) is 10.4 Å². The Balaban J connectivity index is 1.45. The molecular formula is C27H25ClN4O5S. The molecular weight excluding hydrogens is 528 g/mol. The van der Waals surface area contributed by atoms with Crippen LogP contribution in [0.15, 0.2) is 70.9 Å². The number of benzene rings is 3. The van der Waals surface area contributed by atoms with E-state index in [4.69, 9.17) is 30.8 Å². The second-order valence-corrected chi connectivity index (χ2v) is 9.34. The number of hydrogen-bond acceptors (Lipinski definition) is 8. The topological polar surface area (TPSA) is 104 Å². The number of para-hydroxylation sites is 2. The number of nitrogens with one attached hydrogen (secondary N) is 1. The van der Waals surface area contributed by atoms with Gasteiger partial charge in [0.15, 0.2) is 16.7 Å². The van der Waals surface area contributed by atoms with Crippen molar-refractivity contribution in [3.63, 3.8) is 0 Å². The molecule has 4 rings (SSSR count). The summed E-state index contributed by atoms with van der Waals surface area (Å²) in [6.45, 7) is 1.81. The van der Waals surface area contributed by atoms with Gasteiger partial charge in [-0.1, -0.05) is 53.7 Å². The molecule has 0 aliphatic heterocycles. The Morgan fingerprint density at radius 2 is 1.76 bits per heavy atom. The average Bonchev–Trinajstić information content (AvgIpc) is 3.26. The Labute approximate surface area is 228 Å². The lowest BCUT2D eigenvalue weighted by Crippen LogP contribution is -2.20. The van der Waals surface area contributed by atoms with Gasteiger partial charge in [0, 0.05) is 17.5 Å². The van der Waals surface area contributed by atoms with E-state index >= 15 is 0 Å². The molecule has 196 valence electrons. The van der Waals surface area contributed by atoms with Gasteiger partial charge < -0.3 is 18.8 Å². The molecule has 11 heteroatoms. The van der Waals surface area contributed by atoms with Crippen LogP contribution < -0.4 is 19.6 Å². The number of rotatable bonds is 10. The van der Waals surface area contributed by atoms with Gasteiger partial charge in [0.05, 0.1) is 43.8 Å². The number of halogens is 1. The van der Waals surface area contributed by atoms with E-state index in [1.807, 2.05) is 53.1 Å². The lowest BCUT2D eigenvalue weighted by Gasteiger charge is -2.13. The second kappa shape index (κ2) is 12.5. The number of esters is 1. The van der Waals surface area contributed by atoms with Crippen molar-refractivity contribution in [3.05, 3.63) is 76.8 Å². The molecule has 1 heterocycles. The van der Waals surface area contributed by atoms with Gasteiger partial charge in [0.1, 0.15) is 0 Å². The van der Waals surface area contributed by atoms with Crippen molar-refractivity contribution in [3.8, 4) is 17.2 Å². The van der Waals surface area contributed by atoms with Gasteiger partial charge in [0.2, 0.25) is 5.75 Å². The third-order valence-electron chi connectivity index (χ3n) is 5.37. The largest absolute Gasteiger partial charge is 0.493 e. The Kier molecular flexibility index (Phi) is 8.88. The molecule has 1 N–H and O–H groups in total. The van der Waals surface area contributed by atoms with Crippen LogP contribution in [0.4, 0.5) is 0 Å². The van der Waals surface area contributed by atoms with Crippen LogP contribution in [-0.4, -0.2) is 47.6 Å². The standard InChI is InChI=1S/C27H25ClN4O5S/c1-17(33)37-26-23(35-2)12-18(13-24(26)36-3)14-29-31-25(34)16-38-27-30-21-10-6-7-11-22(21)32(27)15-19-8-4-5-9-20(19)28/h4-14H,15-16H2,1-3H3,(H,31,34). The van der Waals surface area contributed by atoms with E-state index in [-0.39, 0.29) is 17.4 Å². The number of carbonyl (C=O) groups is 2. The van der Waals surface area contributed by atoms with Gasteiger partial charge in [0.25, 0.3) is 5.91 Å². The Morgan fingerprint density at radius 3 is 2.45 bits per heavy atom. The molecule has 3 aromatic carbocycles. The van der Waals surface area contributed by atoms with Crippen molar-refractivity contribution >= 4 is 52.5 Å². The first kappa shape index (κ1) is 27.0. The molecule has 0 saturated heterocycles. The minimum atomic E-state index is -0.506. The van der Waals surface area contributed by atoms with Gasteiger partial charge in [-0.2, -0.15) is 5.10 Å². The summed E-state index contributed by atoms with van der Waals surface area (Å²) < 4.78 is 17.8. The number of amides is 1. The van der Waals surface area contributed by atoms with Crippen LogP contribution in [-0.2, 0) is 16.1 Å². The lowest BCUT2D eigenvalue weighted by molar-refractivity contribution is -0.132. The molecule has 9 nitrogen and oxygen atoms in total. The zero-order valence-corrected chi connectivity index (χ0v) is 22.5. The van der Waals surface area contributed by atoms with Gasteiger partial charge >= 0.3 is 5.97 Å². The Hall–Kier alpha value is -4.02. The van der Waals surface area contributed by atoms with Crippen LogP contribution in [0.5, 0.6) is 17.2 Å². The number of nitrogens with zero attached hydrogens (tertiary/aromatic N) is 3. The Bertz CT molecular complexity index is 1480. The first-order chi connectivity index (χ1) is 18.4. The molecule has 0 saturated carbocycles. The lowest BCUT2D eigenvalue weighted by atomic mass is 10.2. The van der Waals surface area contributed by atoms with E-state index in [1.54, 1.807) is 12.1 Å². The van der Waals surface area contributed by atoms with E-state index in [1.165, 1.54) is 39.1 Å². The minimum Gasteiger partial charge on any atom is -0.493 e. The highest BCUT2D eigenvalue weighted by Crippen LogP contribution is 2.38. The number of ether oxygens (including phenoxy) is 3. The number of thioether (sulfide) groups is 1. The molecule has 0 aliphatic carbocycles. The summed E-state index contributed by atoms with van der Waals surface area (Å²) in [5, 5.41) is 5.40. The van der Waals surface area contributed by atoms with Gasteiger partial charge in [-0.15, -0.1) is 0 Å². The summed E-state index contributed by atoms with van der Waals surface area (Å²) in [5.41, 5.74) is 5.84. The highest BCUT2D eigenvalue weighted by Gasteiger charge is 2.16. The quantitative estimate of drug-likeness (QED) is 0.0978. The Morgan fingerprint density at radius 1 is 1.08 bits per heavy atom. The summed E-state index contributed by atoms with van der Waals surface area (Å²) in [6, 6.07) is 18.7. The summed E-state index contributed by atoms with van der Waals surface area (Å²) >= 11 is 7.70. The van der Waals surface area contributed by atoms with Gasteiger partial charge in [-0.3, -0.25) is 9.59 Å². The third-order valence-corrected chi connectivity index (χ3v) is 6.71. The van der Waals surface area contributed by atoms with Crippen LogP contribution in [0.25, 0.3) is 11.0 Å². The number of carbonyl (C=O) groups excluding carboxylic acids is 2. The fourth-order valence-electron chi connectivity index (χ4n) is 3.67. The van der Waals surface area contributed by atoms with E-state index in [9.17, 15) is 9.59 Å². The zero-order valence-electron chi connectivity index (χ0n) is 20.9. The summed E-state index contributed by atoms with van der Waals surface area (Å²) in [6.07, 6.45) is 1.44. The third kappa shape index (κ3) is 6.45. The summed E-state index contributed by atoms with van der Waals surface area (Å²) in [4.78, 5) is 28.7. The van der Waals surface area contributed by atoms with Gasteiger partial charge in [-0.05, 0) is 35.9 Å². The second-order valence-electron chi connectivity index (χ2n) is 7.99. The molecule has 0 spiro atoms. The summed E-state index contributed by atoms with van der Waals surface area (Å²) in [5.74, 6) is 0.0351. The maximum absolute atomic E-state index is 12.6. The van der Waals surface area contributed by atoms with E-state index < -0.39 is 5.97 Å². The first-order valence-electron chi connectivity index (χ1n) is 11.5.